The molecule has 128 valence electrons. The summed E-state index contributed by atoms with van der Waals surface area (Å²) in [7, 11) is 4.41. The van der Waals surface area contributed by atoms with Gasteiger partial charge in [0.15, 0.2) is 6.29 Å². The molecule has 1 aliphatic heterocycles. The second-order valence-corrected chi connectivity index (χ2v) is 5.13. The summed E-state index contributed by atoms with van der Waals surface area (Å²) in [6, 6.07) is 8.60. The normalized spacial score (nSPS) is 30.9. The molecule has 0 unspecified atom stereocenters. The molecule has 0 aliphatic carbocycles. The lowest BCUT2D eigenvalue weighted by molar-refractivity contribution is -0.302. The van der Waals surface area contributed by atoms with E-state index in [9.17, 15) is 9.90 Å². The first kappa shape index (κ1) is 17.8. The highest BCUT2D eigenvalue weighted by atomic mass is 16.7. The van der Waals surface area contributed by atoms with Crippen LogP contribution in [0.2, 0.25) is 0 Å². The molecule has 1 saturated heterocycles. The maximum absolute atomic E-state index is 12.0. The quantitative estimate of drug-likeness (QED) is 0.767. The van der Waals surface area contributed by atoms with Gasteiger partial charge in [0.05, 0.1) is 5.56 Å². The molecule has 7 heteroatoms. The van der Waals surface area contributed by atoms with Crippen LogP contribution in [0.25, 0.3) is 0 Å². The summed E-state index contributed by atoms with van der Waals surface area (Å²) in [5.74, 6) is -0.488. The van der Waals surface area contributed by atoms with Crippen LogP contribution < -0.4 is 0 Å². The number of benzene rings is 1. The molecular formula is C16H22O7. The van der Waals surface area contributed by atoms with Crippen LogP contribution >= 0.6 is 0 Å². The van der Waals surface area contributed by atoms with Gasteiger partial charge in [-0.15, -0.1) is 0 Å². The summed E-state index contributed by atoms with van der Waals surface area (Å²) < 4.78 is 26.6. The smallest absolute Gasteiger partial charge is 0.338 e. The molecule has 0 amide bonds. The fraction of sp³-hybridized carbons (Fsp3) is 0.562. The molecule has 0 aromatic heterocycles. The third-order valence-electron chi connectivity index (χ3n) is 3.78. The van der Waals surface area contributed by atoms with E-state index in [2.05, 4.69) is 0 Å². The average Bonchev–Trinajstić information content (AvgIpc) is 2.60. The van der Waals surface area contributed by atoms with Crippen LogP contribution in [0.15, 0.2) is 30.3 Å². The second kappa shape index (κ2) is 8.37. The highest BCUT2D eigenvalue weighted by Crippen LogP contribution is 2.26. The van der Waals surface area contributed by atoms with Gasteiger partial charge in [-0.3, -0.25) is 0 Å². The molecule has 0 bridgehead atoms. The first-order valence-electron chi connectivity index (χ1n) is 7.26. The maximum atomic E-state index is 12.0. The lowest BCUT2D eigenvalue weighted by Crippen LogP contribution is -2.60. The van der Waals surface area contributed by atoms with Crippen molar-refractivity contribution in [2.75, 3.05) is 27.9 Å². The number of aliphatic hydroxyl groups excluding tert-OH is 1. The van der Waals surface area contributed by atoms with Crippen molar-refractivity contribution in [1.82, 2.24) is 0 Å². The summed E-state index contributed by atoms with van der Waals surface area (Å²) in [4.78, 5) is 12.0. The first-order valence-corrected chi connectivity index (χ1v) is 7.26. The van der Waals surface area contributed by atoms with E-state index in [-0.39, 0.29) is 6.61 Å². The Morgan fingerprint density at radius 1 is 1.09 bits per heavy atom. The van der Waals surface area contributed by atoms with Crippen LogP contribution in [-0.4, -0.2) is 69.7 Å². The topological polar surface area (TPSA) is 83.5 Å². The SMILES string of the molecule is CO[C@H]1O[C@H](COC(=O)c2ccccc2)[C@@H](O)[C@H](OC)[C@H]1OC. The zero-order valence-corrected chi connectivity index (χ0v) is 13.4. The van der Waals surface area contributed by atoms with E-state index in [4.69, 9.17) is 23.7 Å². The summed E-state index contributed by atoms with van der Waals surface area (Å²) in [5, 5.41) is 10.4. The average molecular weight is 326 g/mol. The highest BCUT2D eigenvalue weighted by Gasteiger charge is 2.46. The molecule has 2 rings (SSSR count). The monoisotopic (exact) mass is 326 g/mol. The van der Waals surface area contributed by atoms with Gasteiger partial charge >= 0.3 is 5.97 Å². The molecule has 0 saturated carbocycles. The number of carbonyl (C=O) groups is 1. The maximum Gasteiger partial charge on any atom is 0.338 e. The fourth-order valence-corrected chi connectivity index (χ4v) is 2.55. The molecule has 1 heterocycles. The third kappa shape index (κ3) is 4.07. The number of methoxy groups -OCH3 is 3. The molecule has 5 atom stereocenters. The number of hydrogen-bond acceptors (Lipinski definition) is 7. The summed E-state index contributed by atoms with van der Waals surface area (Å²) in [5.41, 5.74) is 0.430. The van der Waals surface area contributed by atoms with Gasteiger partial charge in [0.2, 0.25) is 0 Å². The van der Waals surface area contributed by atoms with Crippen molar-refractivity contribution in [1.29, 1.82) is 0 Å². The zero-order chi connectivity index (χ0) is 16.8. The van der Waals surface area contributed by atoms with Gasteiger partial charge in [-0.05, 0) is 12.1 Å². The molecule has 1 N–H and O–H groups in total. The molecule has 0 spiro atoms. The van der Waals surface area contributed by atoms with Gasteiger partial charge in [0, 0.05) is 21.3 Å². The van der Waals surface area contributed by atoms with E-state index >= 15 is 0 Å². The lowest BCUT2D eigenvalue weighted by atomic mass is 9.99. The van der Waals surface area contributed by atoms with Crippen LogP contribution in [0.4, 0.5) is 0 Å². The van der Waals surface area contributed by atoms with Crippen LogP contribution in [0, 0.1) is 0 Å². The van der Waals surface area contributed by atoms with E-state index in [1.165, 1.54) is 21.3 Å². The van der Waals surface area contributed by atoms with Crippen molar-refractivity contribution in [2.45, 2.75) is 30.7 Å². The number of hydrogen-bond donors (Lipinski definition) is 1. The van der Waals surface area contributed by atoms with Gasteiger partial charge in [-0.1, -0.05) is 18.2 Å². The Hall–Kier alpha value is -1.51. The Bertz CT molecular complexity index is 492. The molecule has 1 aliphatic rings. The molecule has 7 nitrogen and oxygen atoms in total. The van der Waals surface area contributed by atoms with Crippen molar-refractivity contribution < 1.29 is 33.6 Å². The number of carbonyl (C=O) groups excluding carboxylic acids is 1. The van der Waals surface area contributed by atoms with Crippen LogP contribution in [0.3, 0.4) is 0 Å². The summed E-state index contributed by atoms with van der Waals surface area (Å²) in [6.45, 7) is -0.120. The van der Waals surface area contributed by atoms with E-state index < -0.39 is 36.7 Å². The lowest BCUT2D eigenvalue weighted by Gasteiger charge is -2.42. The van der Waals surface area contributed by atoms with E-state index in [0.29, 0.717) is 5.56 Å². The van der Waals surface area contributed by atoms with Gasteiger partial charge in [-0.25, -0.2) is 4.79 Å². The highest BCUT2D eigenvalue weighted by molar-refractivity contribution is 5.89. The molecule has 1 aromatic carbocycles. The molecule has 0 radical (unpaired) electrons. The van der Waals surface area contributed by atoms with Gasteiger partial charge in [0.1, 0.15) is 31.0 Å². The second-order valence-electron chi connectivity index (χ2n) is 5.13. The summed E-state index contributed by atoms with van der Waals surface area (Å²) >= 11 is 0. The van der Waals surface area contributed by atoms with Crippen molar-refractivity contribution in [2.24, 2.45) is 0 Å². The Labute approximate surface area is 135 Å². The van der Waals surface area contributed by atoms with Gasteiger partial charge < -0.3 is 28.8 Å². The molecule has 23 heavy (non-hydrogen) atoms. The van der Waals surface area contributed by atoms with Crippen LogP contribution in [-0.2, 0) is 23.7 Å². The van der Waals surface area contributed by atoms with Gasteiger partial charge in [-0.2, -0.15) is 0 Å². The third-order valence-corrected chi connectivity index (χ3v) is 3.78. The minimum atomic E-state index is -1.01. The van der Waals surface area contributed by atoms with Crippen molar-refractivity contribution >= 4 is 5.97 Å². The molecule has 1 fully saturated rings. The van der Waals surface area contributed by atoms with Crippen molar-refractivity contribution in [3.05, 3.63) is 35.9 Å². The largest absolute Gasteiger partial charge is 0.459 e. The van der Waals surface area contributed by atoms with E-state index in [1.807, 2.05) is 6.07 Å². The molecule has 1 aromatic rings. The molecular weight excluding hydrogens is 304 g/mol. The van der Waals surface area contributed by atoms with Gasteiger partial charge in [0.25, 0.3) is 0 Å². The predicted octanol–water partition coefficient (Wildman–Crippen LogP) is 0.606. The number of esters is 1. The predicted molar refractivity (Wildman–Crippen MR) is 80.0 cm³/mol. The van der Waals surface area contributed by atoms with E-state index in [1.54, 1.807) is 24.3 Å². The standard InChI is InChI=1S/C16H22O7/c1-19-13-12(17)11(23-16(21-3)14(13)20-2)9-22-15(18)10-7-5-4-6-8-10/h4-8,11-14,16-17H,9H2,1-3H3/t11-,12-,13+,14-,16+/m1/s1. The Kier molecular flexibility index (Phi) is 6.49. The van der Waals surface area contributed by atoms with Crippen LogP contribution in [0.5, 0.6) is 0 Å². The van der Waals surface area contributed by atoms with Crippen molar-refractivity contribution in [3.63, 3.8) is 0 Å². The minimum absolute atomic E-state index is 0.120. The Morgan fingerprint density at radius 2 is 1.74 bits per heavy atom. The fourth-order valence-electron chi connectivity index (χ4n) is 2.55. The summed E-state index contributed by atoms with van der Waals surface area (Å²) in [6.07, 6.45) is -3.75. The number of rotatable bonds is 6. The van der Waals surface area contributed by atoms with Crippen LogP contribution in [0.1, 0.15) is 10.4 Å². The van der Waals surface area contributed by atoms with Crippen molar-refractivity contribution in [3.8, 4) is 0 Å². The first-order chi connectivity index (χ1) is 11.1. The number of ether oxygens (including phenoxy) is 5. The van der Waals surface area contributed by atoms with E-state index in [0.717, 1.165) is 0 Å². The Balaban J connectivity index is 2.00. The zero-order valence-electron chi connectivity index (χ0n) is 13.4. The Morgan fingerprint density at radius 3 is 2.30 bits per heavy atom. The number of aliphatic hydroxyl groups is 1. The minimum Gasteiger partial charge on any atom is -0.459 e.